The van der Waals surface area contributed by atoms with Gasteiger partial charge in [0.2, 0.25) is 5.91 Å². The molecule has 0 saturated carbocycles. The number of nitrogens with one attached hydrogen (secondary N) is 1. The minimum atomic E-state index is -0.819. The summed E-state index contributed by atoms with van der Waals surface area (Å²) in [7, 11) is 1.21. The summed E-state index contributed by atoms with van der Waals surface area (Å²) in [4.78, 5) is 51.6. The van der Waals surface area contributed by atoms with E-state index in [0.717, 1.165) is 11.5 Å². The quantitative estimate of drug-likeness (QED) is 0.157. The van der Waals surface area contributed by atoms with E-state index in [0.29, 0.717) is 4.24 Å². The molecule has 0 bridgehead atoms. The number of amides is 2. The predicted molar refractivity (Wildman–Crippen MR) is 113 cm³/mol. The summed E-state index contributed by atoms with van der Waals surface area (Å²) in [6, 6.07) is -1.57. The zero-order chi connectivity index (χ0) is 21.3. The van der Waals surface area contributed by atoms with Gasteiger partial charge in [-0.15, -0.1) is 35.3 Å². The number of hydrogen-bond acceptors (Lipinski definition) is 9. The van der Waals surface area contributed by atoms with E-state index >= 15 is 0 Å². The van der Waals surface area contributed by atoms with Gasteiger partial charge in [0.05, 0.1) is 11.3 Å². The van der Waals surface area contributed by atoms with Gasteiger partial charge in [0.15, 0.2) is 0 Å². The molecule has 3 atom stereocenters. The van der Waals surface area contributed by atoms with Crippen molar-refractivity contribution in [1.29, 1.82) is 0 Å². The first-order chi connectivity index (χ1) is 13.7. The molecule has 3 fully saturated rings. The topological polar surface area (TPSA) is 102 Å². The van der Waals surface area contributed by atoms with Gasteiger partial charge in [-0.25, -0.2) is 9.59 Å². The lowest BCUT2D eigenvalue weighted by molar-refractivity contribution is -0.163. The molecule has 3 rings (SSSR count). The Hall–Kier alpha value is -1.59. The van der Waals surface area contributed by atoms with Crippen molar-refractivity contribution in [3.05, 3.63) is 22.5 Å². The molecule has 3 saturated heterocycles. The molecule has 29 heavy (non-hydrogen) atoms. The second-order valence-electron chi connectivity index (χ2n) is 6.98. The van der Waals surface area contributed by atoms with Crippen LogP contribution in [0.25, 0.3) is 0 Å². The number of carbonyl (C=O) groups excluding carboxylic acids is 4. The second kappa shape index (κ2) is 8.65. The Morgan fingerprint density at radius 2 is 1.97 bits per heavy atom. The molecular weight excluding hydrogens is 436 g/mol. The number of fused-ring (bicyclic) bond motifs is 1. The van der Waals surface area contributed by atoms with Crippen LogP contribution in [0.1, 0.15) is 13.8 Å². The molecule has 158 valence electrons. The Kier molecular flexibility index (Phi) is 6.59. The summed E-state index contributed by atoms with van der Waals surface area (Å²) in [6.07, 6.45) is 1.46. The van der Waals surface area contributed by atoms with Crippen LogP contribution in [-0.2, 0) is 28.7 Å². The molecular formula is C18H22N2O6S3. The van der Waals surface area contributed by atoms with Crippen molar-refractivity contribution in [2.75, 3.05) is 25.2 Å². The van der Waals surface area contributed by atoms with Gasteiger partial charge in [-0.05, 0) is 13.8 Å². The minimum Gasteiger partial charge on any atom is -0.465 e. The molecule has 3 aliphatic rings. The number of thioether (sulfide) groups is 3. The summed E-state index contributed by atoms with van der Waals surface area (Å²) < 4.78 is 9.93. The van der Waals surface area contributed by atoms with Crippen molar-refractivity contribution in [2.24, 2.45) is 0 Å². The lowest BCUT2D eigenvalue weighted by Gasteiger charge is -2.43. The molecule has 0 aromatic rings. The highest BCUT2D eigenvalue weighted by molar-refractivity contribution is 8.25. The van der Waals surface area contributed by atoms with E-state index in [1.54, 1.807) is 0 Å². The van der Waals surface area contributed by atoms with Gasteiger partial charge in [-0.2, -0.15) is 0 Å². The van der Waals surface area contributed by atoms with Crippen LogP contribution in [0.15, 0.2) is 22.5 Å². The van der Waals surface area contributed by atoms with Crippen LogP contribution >= 0.6 is 35.3 Å². The molecule has 0 spiro atoms. The SMILES string of the molecule is C=CCOC(=O)C1N2C(=O)[C@@H](NC(=O)C(C(=O)OC)=C3SCCS3)[C@H]2SC1(C)C. The van der Waals surface area contributed by atoms with E-state index in [2.05, 4.69) is 11.9 Å². The van der Waals surface area contributed by atoms with E-state index in [1.807, 2.05) is 13.8 Å². The fraction of sp³-hybridized carbons (Fsp3) is 0.556. The van der Waals surface area contributed by atoms with Gasteiger partial charge in [0.25, 0.3) is 5.91 Å². The monoisotopic (exact) mass is 458 g/mol. The molecule has 1 unspecified atom stereocenters. The Bertz CT molecular complexity index is 788. The van der Waals surface area contributed by atoms with Crippen molar-refractivity contribution in [3.63, 3.8) is 0 Å². The van der Waals surface area contributed by atoms with Gasteiger partial charge >= 0.3 is 11.9 Å². The average molecular weight is 459 g/mol. The maximum atomic E-state index is 12.8. The highest BCUT2D eigenvalue weighted by atomic mass is 32.2. The third-order valence-electron chi connectivity index (χ3n) is 4.66. The fourth-order valence-corrected chi connectivity index (χ4v) is 7.52. The summed E-state index contributed by atoms with van der Waals surface area (Å²) in [5, 5.41) is 2.26. The molecule has 0 aliphatic carbocycles. The van der Waals surface area contributed by atoms with Crippen molar-refractivity contribution in [2.45, 2.75) is 36.1 Å². The van der Waals surface area contributed by atoms with Crippen LogP contribution in [0.5, 0.6) is 0 Å². The molecule has 0 aromatic carbocycles. The average Bonchev–Trinajstić information content (AvgIpc) is 3.28. The molecule has 2 amide bonds. The van der Waals surface area contributed by atoms with Gasteiger partial charge in [0, 0.05) is 16.3 Å². The van der Waals surface area contributed by atoms with E-state index in [9.17, 15) is 19.2 Å². The van der Waals surface area contributed by atoms with Crippen LogP contribution < -0.4 is 5.32 Å². The van der Waals surface area contributed by atoms with E-state index in [1.165, 1.54) is 53.4 Å². The number of nitrogens with zero attached hydrogens (tertiary/aromatic N) is 1. The number of methoxy groups -OCH3 is 1. The number of esters is 2. The van der Waals surface area contributed by atoms with Crippen molar-refractivity contribution < 1.29 is 28.7 Å². The summed E-state index contributed by atoms with van der Waals surface area (Å²) in [5.41, 5.74) is -0.0737. The van der Waals surface area contributed by atoms with Crippen LogP contribution in [0.4, 0.5) is 0 Å². The first-order valence-electron chi connectivity index (χ1n) is 8.89. The Labute approximate surface area is 181 Å². The molecule has 0 aromatic heterocycles. The standard InChI is InChI=1S/C18H22N2O6S3/c1-5-6-26-16(24)11-18(2,3)29-14-10(13(22)20(11)14)19-12(21)9(15(23)25-4)17-27-7-8-28-17/h5,10-11,14H,1,6-8H2,2-4H3,(H,19,21)/t10-,11?,14-/m1/s1. The van der Waals surface area contributed by atoms with Crippen molar-refractivity contribution >= 4 is 59.0 Å². The van der Waals surface area contributed by atoms with Gasteiger partial charge in [0.1, 0.15) is 29.6 Å². The normalized spacial score (nSPS) is 27.0. The second-order valence-corrected chi connectivity index (χ2v) is 11.2. The highest BCUT2D eigenvalue weighted by Gasteiger charge is 2.64. The Balaban J connectivity index is 1.76. The first-order valence-corrected chi connectivity index (χ1v) is 11.7. The Morgan fingerprint density at radius 1 is 1.31 bits per heavy atom. The number of β-lactam (4-membered cyclic amide) rings is 1. The third kappa shape index (κ3) is 4.04. The van der Waals surface area contributed by atoms with Crippen molar-refractivity contribution in [1.82, 2.24) is 10.2 Å². The minimum absolute atomic E-state index is 0.0638. The lowest BCUT2D eigenvalue weighted by atomic mass is 9.96. The van der Waals surface area contributed by atoms with Crippen molar-refractivity contribution in [3.8, 4) is 0 Å². The molecule has 1 N–H and O–H groups in total. The zero-order valence-electron chi connectivity index (χ0n) is 16.3. The molecule has 11 heteroatoms. The molecule has 3 heterocycles. The third-order valence-corrected chi connectivity index (χ3v) is 8.95. The smallest absolute Gasteiger partial charge is 0.345 e. The van der Waals surface area contributed by atoms with Gasteiger partial charge in [-0.1, -0.05) is 12.7 Å². The Morgan fingerprint density at radius 3 is 2.55 bits per heavy atom. The zero-order valence-corrected chi connectivity index (χ0v) is 18.7. The molecule has 3 aliphatic heterocycles. The van der Waals surface area contributed by atoms with Crippen LogP contribution in [0.2, 0.25) is 0 Å². The van der Waals surface area contributed by atoms with E-state index in [-0.39, 0.29) is 18.1 Å². The number of carbonyl (C=O) groups is 4. The van der Waals surface area contributed by atoms with E-state index in [4.69, 9.17) is 9.47 Å². The number of rotatable bonds is 6. The maximum absolute atomic E-state index is 12.8. The molecule has 0 radical (unpaired) electrons. The van der Waals surface area contributed by atoms with Crippen LogP contribution in [-0.4, -0.2) is 76.1 Å². The summed E-state index contributed by atoms with van der Waals surface area (Å²) >= 11 is 4.26. The fourth-order valence-electron chi connectivity index (χ4n) is 3.39. The molecule has 8 nitrogen and oxygen atoms in total. The van der Waals surface area contributed by atoms with Gasteiger partial charge in [-0.3, -0.25) is 9.59 Å². The number of hydrogen-bond donors (Lipinski definition) is 1. The number of ether oxygens (including phenoxy) is 2. The van der Waals surface area contributed by atoms with E-state index < -0.39 is 40.1 Å². The summed E-state index contributed by atoms with van der Waals surface area (Å²) in [5.74, 6) is -0.644. The first kappa shape index (κ1) is 22.1. The van der Waals surface area contributed by atoms with Crippen LogP contribution in [0, 0.1) is 0 Å². The maximum Gasteiger partial charge on any atom is 0.345 e. The summed E-state index contributed by atoms with van der Waals surface area (Å²) in [6.45, 7) is 7.30. The lowest BCUT2D eigenvalue weighted by Crippen LogP contribution is -2.71. The highest BCUT2D eigenvalue weighted by Crippen LogP contribution is 2.51. The predicted octanol–water partition coefficient (Wildman–Crippen LogP) is 1.13. The van der Waals surface area contributed by atoms with Gasteiger partial charge < -0.3 is 19.7 Å². The van der Waals surface area contributed by atoms with Crippen LogP contribution in [0.3, 0.4) is 0 Å². The largest absolute Gasteiger partial charge is 0.465 e.